The van der Waals surface area contributed by atoms with Crippen molar-refractivity contribution in [3.8, 4) is 0 Å². The number of likely N-dealkylation sites (tertiary alicyclic amines) is 8. The molecule has 0 aromatic heterocycles. The molecular weight excluding hydrogens is 1670 g/mol. The number of carbonyl (C=O) groups is 20. The Bertz CT molecular complexity index is 3460. The van der Waals surface area contributed by atoms with Crippen molar-refractivity contribution in [2.24, 2.45) is 0 Å². The molecule has 0 atom stereocenters. The predicted molar refractivity (Wildman–Crippen MR) is 482 cm³/mol. The maximum Gasteiger partial charge on any atom is 0.333 e. The summed E-state index contributed by atoms with van der Waals surface area (Å²) in [5, 5.41) is 26.9. The number of amides is 12. The van der Waals surface area contributed by atoms with Gasteiger partial charge in [0.15, 0.2) is 0 Å². The Morgan fingerprint density at radius 1 is 0.305 bits per heavy atom. The summed E-state index contributed by atoms with van der Waals surface area (Å²) in [5.41, 5.74) is 0.885. The Balaban J connectivity index is -0.000000213. The van der Waals surface area contributed by atoms with Crippen molar-refractivity contribution >= 4 is 119 Å². The molecule has 128 heavy (non-hydrogen) atoms. The number of hydrogen-bond donors (Lipinski definition) is 6. The van der Waals surface area contributed by atoms with Gasteiger partial charge in [-0.1, -0.05) is 85.7 Å². The maximum absolute atomic E-state index is 11.2. The average Bonchev–Trinajstić information content (AvgIpc) is 1.83. The predicted octanol–water partition coefficient (Wildman–Crippen LogP) is 4.86. The number of aliphatic carboxylic acids is 2. The number of esters is 6. The fourth-order valence-corrected chi connectivity index (χ4v) is 11.1. The number of hydrogen-bond acceptors (Lipinski definition) is 26. The van der Waals surface area contributed by atoms with Crippen LogP contribution in [-0.4, -0.2) is 340 Å². The van der Waals surface area contributed by atoms with Gasteiger partial charge < -0.3 is 99.1 Å². The molecule has 0 saturated carbocycles. The van der Waals surface area contributed by atoms with E-state index in [1.165, 1.54) is 20.3 Å². The molecule has 0 unspecified atom stereocenters. The molecule has 0 aliphatic carbocycles. The molecule has 0 aromatic rings. The third-order valence-corrected chi connectivity index (χ3v) is 17.4. The molecule has 8 saturated heterocycles. The average molecular weight is 1820 g/mol. The molecule has 8 fully saturated rings. The molecule has 40 nitrogen and oxygen atoms in total. The van der Waals surface area contributed by atoms with Crippen LogP contribution >= 0.6 is 0 Å². The monoisotopic (exact) mass is 1820 g/mol. The van der Waals surface area contributed by atoms with Crippen LogP contribution in [0.1, 0.15) is 176 Å². The minimum absolute atomic E-state index is 0. The van der Waals surface area contributed by atoms with Crippen molar-refractivity contribution in [1.82, 2.24) is 60.5 Å². The van der Waals surface area contributed by atoms with E-state index < -0.39 is 53.7 Å². The van der Waals surface area contributed by atoms with Crippen LogP contribution in [0.2, 0.25) is 0 Å². The van der Waals surface area contributed by atoms with E-state index in [2.05, 4.69) is 57.1 Å². The van der Waals surface area contributed by atoms with E-state index in [1.54, 1.807) is 53.0 Å². The Hall–Kier alpha value is -12.7. The third-order valence-electron chi connectivity index (χ3n) is 17.4. The van der Waals surface area contributed by atoms with Crippen molar-refractivity contribution in [3.05, 3.63) is 98.2 Å². The Morgan fingerprint density at radius 3 is 0.773 bits per heavy atom. The van der Waals surface area contributed by atoms with E-state index in [-0.39, 0.29) is 151 Å². The lowest BCUT2D eigenvalue weighted by atomic mass is 10.3. The number of nitrogens with zero attached hydrogens (tertiary/aromatic N) is 8. The Labute approximate surface area is 756 Å². The molecule has 8 rings (SSSR count). The summed E-state index contributed by atoms with van der Waals surface area (Å²) in [4.78, 5) is 232. The van der Waals surface area contributed by atoms with Crippen LogP contribution in [0.5, 0.6) is 0 Å². The van der Waals surface area contributed by atoms with E-state index in [1.807, 2.05) is 0 Å². The molecule has 8 aliphatic rings. The van der Waals surface area contributed by atoms with Gasteiger partial charge in [-0.2, -0.15) is 0 Å². The molecule has 0 aromatic carbocycles. The van der Waals surface area contributed by atoms with E-state index in [4.69, 9.17) is 29.2 Å². The van der Waals surface area contributed by atoms with Crippen LogP contribution in [0.15, 0.2) is 98.2 Å². The quantitative estimate of drug-likeness (QED) is 0.0277. The highest BCUT2D eigenvalue weighted by Crippen LogP contribution is 2.14. The molecule has 728 valence electrons. The van der Waals surface area contributed by atoms with Gasteiger partial charge in [0.2, 0.25) is 70.9 Å². The number of ether oxygens (including phenoxy) is 6. The van der Waals surface area contributed by atoms with Gasteiger partial charge in [0.05, 0.1) is 40.4 Å². The fraction of sp³-hybridized carbons (Fsp3) is 0.591. The van der Waals surface area contributed by atoms with Crippen molar-refractivity contribution in [1.29, 1.82) is 0 Å². The summed E-state index contributed by atoms with van der Waals surface area (Å²) in [6, 6.07) is 0. The van der Waals surface area contributed by atoms with Crippen molar-refractivity contribution in [2.75, 3.05) is 172 Å². The van der Waals surface area contributed by atoms with Gasteiger partial charge in [-0.15, -0.1) is 0 Å². The summed E-state index contributed by atoms with van der Waals surface area (Å²) in [6.45, 7) is 29.4. The van der Waals surface area contributed by atoms with Gasteiger partial charge in [0.1, 0.15) is 26.4 Å². The van der Waals surface area contributed by atoms with Gasteiger partial charge in [-0.05, 0) is 71.3 Å². The number of rotatable bonds is 36. The standard InChI is InChI=1S/C11H16N2O4.C11H15NO5.C10H14N2O4.C10H16N2O2.C10H13NO5.C10H15NO3.C9H14N2O2.C9H13NO3.8CH4/c1-17-11(16)5-4-9(14)12-6-8-13-7-2-3-10(13)15;1-16-10(14)4-5-11(15)17-8-7-12-6-2-3-9(12)13;13-8(3-4-10(15)16)11-5-7-12-6-1-2-9(12)14;1-8(2)10(14)11-5-7-12-6-3-4-9(12)13;12-8-2-1-5-11(8)6-7-16-10(15)4-3-9(13)14;1-8(2)10(13)14-7-6-11-5-3-4-9(11)12;1-2-8(12)10-5-7-11-6-3-4-9(11)13;1-2-9(12)13-7-6-10-5-3-4-8(10)11;;;;;;;;/h4-5H,2-3,6-8H2,1H3,(H,12,14);4-5H,2-3,6-8H2,1H3;3-4H,1-2,5-7H2,(H,11,13)(H,15,16);1,3-7H2,2H3,(H,11,14);3-4H,1-2,5-7H2,(H,13,14);1,3-7H2,2H3;2H,1,3-7H2,(H,10,12);2H,1,3-7H2;8*1H4. The third kappa shape index (κ3) is 62.4. The topological polar surface area (TPSA) is 511 Å². The summed E-state index contributed by atoms with van der Waals surface area (Å²) in [5.74, 6) is -5.82. The lowest BCUT2D eigenvalue weighted by Gasteiger charge is -2.15. The van der Waals surface area contributed by atoms with Crippen LogP contribution in [0, 0.1) is 0 Å². The summed E-state index contributed by atoms with van der Waals surface area (Å²) >= 11 is 0. The zero-order valence-electron chi connectivity index (χ0n) is 69.0. The van der Waals surface area contributed by atoms with Gasteiger partial charge >= 0.3 is 47.8 Å². The molecule has 6 N–H and O–H groups in total. The summed E-state index contributed by atoms with van der Waals surface area (Å²) in [6.07, 6.45) is 21.7. The maximum atomic E-state index is 11.2. The van der Waals surface area contributed by atoms with Crippen molar-refractivity contribution in [2.45, 2.75) is 176 Å². The Morgan fingerprint density at radius 2 is 0.531 bits per heavy atom. The minimum atomic E-state index is -1.20. The smallest absolute Gasteiger partial charge is 0.333 e. The highest BCUT2D eigenvalue weighted by Gasteiger charge is 2.26. The fourth-order valence-electron chi connectivity index (χ4n) is 11.1. The molecular formula is C88H148N12O28. The minimum Gasteiger partial charge on any atom is -0.478 e. The van der Waals surface area contributed by atoms with E-state index in [0.29, 0.717) is 160 Å². The van der Waals surface area contributed by atoms with Gasteiger partial charge in [0.25, 0.3) is 0 Å². The molecule has 0 bridgehead atoms. The lowest BCUT2D eigenvalue weighted by Crippen LogP contribution is -2.35. The number of carbonyl (C=O) groups excluding carboxylic acids is 18. The second-order valence-electron chi connectivity index (χ2n) is 26.7. The lowest BCUT2D eigenvalue weighted by molar-refractivity contribution is -0.141. The normalized spacial score (nSPS) is 14.7. The summed E-state index contributed by atoms with van der Waals surface area (Å²) < 4.78 is 27.8. The molecule has 40 heteroatoms. The zero-order valence-corrected chi connectivity index (χ0v) is 69.0. The first-order chi connectivity index (χ1) is 57.1. The SMILES string of the molecule is C.C.C.C.C.C.C.C.C=C(C)C(=O)NCCN1CCCC1=O.C=C(C)C(=O)OCCN1CCCC1=O.C=CC(=O)NCCN1CCCC1=O.C=CC(=O)OCCN1CCCC1=O.COC(=O)C=CC(=O)NCCN1CCCC1=O.COC(=O)C=CC(=O)OCCN1CCCC1=O.O=C(O)C=CC(=O)NCCN1CCCC1=O.O=C(O)C=CC(=O)OCCN1CCCC1=O. The molecule has 12 amide bonds. The first-order valence-corrected chi connectivity index (χ1v) is 39.1. The first-order valence-electron chi connectivity index (χ1n) is 39.1. The number of carboxylic acids is 2. The van der Waals surface area contributed by atoms with Crippen molar-refractivity contribution < 1.29 is 135 Å². The van der Waals surface area contributed by atoms with Crippen LogP contribution in [0.4, 0.5) is 0 Å². The van der Waals surface area contributed by atoms with E-state index in [0.717, 1.165) is 139 Å². The second-order valence-corrected chi connectivity index (χ2v) is 26.7. The number of carboxylic acid groups (broad SMARTS) is 2. The largest absolute Gasteiger partial charge is 0.478 e. The summed E-state index contributed by atoms with van der Waals surface area (Å²) in [7, 11) is 2.46. The Kier molecular flexibility index (Phi) is 79.6. The highest BCUT2D eigenvalue weighted by atomic mass is 16.6. The second kappa shape index (κ2) is 77.9. The van der Waals surface area contributed by atoms with Gasteiger partial charge in [-0.3, -0.25) is 57.5 Å². The molecule has 0 spiro atoms. The number of nitrogens with one attached hydrogen (secondary N) is 4. The number of methoxy groups -OCH3 is 2. The van der Waals surface area contributed by atoms with E-state index >= 15 is 0 Å². The van der Waals surface area contributed by atoms with Crippen LogP contribution in [-0.2, 0) is 124 Å². The van der Waals surface area contributed by atoms with Gasteiger partial charge in [0, 0.05) is 222 Å². The highest BCUT2D eigenvalue weighted by molar-refractivity contribution is 5.96. The van der Waals surface area contributed by atoms with Crippen LogP contribution in [0.25, 0.3) is 0 Å². The van der Waals surface area contributed by atoms with Gasteiger partial charge in [-0.25, -0.2) is 38.4 Å². The first kappa shape index (κ1) is 131. The van der Waals surface area contributed by atoms with Crippen LogP contribution in [0.3, 0.4) is 0 Å². The molecule has 8 aliphatic heterocycles. The van der Waals surface area contributed by atoms with Crippen molar-refractivity contribution in [3.63, 3.8) is 0 Å². The van der Waals surface area contributed by atoms with Crippen LogP contribution < -0.4 is 21.3 Å². The molecule has 8 heterocycles. The zero-order chi connectivity index (χ0) is 89.7. The molecule has 0 radical (unpaired) electrons. The van der Waals surface area contributed by atoms with E-state index in [9.17, 15) is 95.9 Å².